The molecule has 0 fully saturated rings. The van der Waals surface area contributed by atoms with Gasteiger partial charge in [-0.2, -0.15) is 4.58 Å². The van der Waals surface area contributed by atoms with Crippen LogP contribution in [0.1, 0.15) is 25.0 Å². The fourth-order valence-electron chi connectivity index (χ4n) is 4.52. The molecule has 0 aromatic heterocycles. The third kappa shape index (κ3) is 3.93. The zero-order valence-electron chi connectivity index (χ0n) is 20.0. The number of thioether (sulfide) groups is 1. The van der Waals surface area contributed by atoms with Crippen molar-refractivity contribution in [3.63, 3.8) is 0 Å². The Hall–Kier alpha value is -3.35. The number of hydrogen-bond acceptors (Lipinski definition) is 4. The van der Waals surface area contributed by atoms with E-state index < -0.39 is 0 Å². The number of hydrogen-bond donors (Lipinski definition) is 1. The summed E-state index contributed by atoms with van der Waals surface area (Å²) < 4.78 is 7.88. The summed E-state index contributed by atoms with van der Waals surface area (Å²) in [6.45, 7) is 7.64. The quantitative estimate of drug-likeness (QED) is 0.530. The highest BCUT2D eigenvalue weighted by Gasteiger charge is 2.37. The van der Waals surface area contributed by atoms with Crippen LogP contribution in [0.25, 0.3) is 6.08 Å². The van der Waals surface area contributed by atoms with E-state index in [9.17, 15) is 4.79 Å². The van der Waals surface area contributed by atoms with Gasteiger partial charge >= 0.3 is 5.91 Å². The number of aryl methyl sites for hydroxylation is 1. The van der Waals surface area contributed by atoms with E-state index in [0.29, 0.717) is 11.4 Å². The first kappa shape index (κ1) is 22.4. The number of fused-ring (bicyclic) bond motifs is 2. The van der Waals surface area contributed by atoms with Crippen LogP contribution in [-0.4, -0.2) is 35.7 Å². The number of carbonyl (C=O) groups excluding carboxylic acids is 1. The maximum atomic E-state index is 13.2. The molecule has 0 aliphatic carbocycles. The summed E-state index contributed by atoms with van der Waals surface area (Å²) in [7, 11) is 2.15. The Morgan fingerprint density at radius 1 is 1.12 bits per heavy atom. The molecule has 172 valence electrons. The molecule has 5 rings (SSSR count). The first-order valence-corrected chi connectivity index (χ1v) is 12.5. The molecule has 0 bridgehead atoms. The highest BCUT2D eigenvalue weighted by molar-refractivity contribution is 8.18. The van der Waals surface area contributed by atoms with Crippen LogP contribution >= 0.6 is 11.8 Å². The van der Waals surface area contributed by atoms with E-state index in [1.54, 1.807) is 0 Å². The molecule has 6 heteroatoms. The molecule has 1 N–H and O–H groups in total. The molecule has 2 aromatic carbocycles. The molecule has 34 heavy (non-hydrogen) atoms. The predicted molar refractivity (Wildman–Crippen MR) is 140 cm³/mol. The molecule has 3 aliphatic heterocycles. The summed E-state index contributed by atoms with van der Waals surface area (Å²) in [5.74, 6) is 1.62. The zero-order valence-corrected chi connectivity index (χ0v) is 20.8. The van der Waals surface area contributed by atoms with Gasteiger partial charge < -0.3 is 9.64 Å². The standard InChI is InChI=1S/C28H28N3O2S/c1-5-30-23-9-7-8-10-24(23)33-26(30)16-15-25-28(32)31(6-2)27(34-25)18-21-13-12-20-17-19(3)11-14-22(20)29(21)4/h7-18H,5-6H2,1-4H3/q+1/p+1/b25-15+,26-16-. The van der Waals surface area contributed by atoms with E-state index in [4.69, 9.17) is 4.74 Å². The van der Waals surface area contributed by atoms with Crippen LogP contribution in [-0.2, 0) is 4.79 Å². The molecule has 0 spiro atoms. The maximum Gasteiger partial charge on any atom is 0.427 e. The number of ether oxygens (including phenoxy) is 1. The topological polar surface area (TPSA) is 37.0 Å². The zero-order chi connectivity index (χ0) is 23.8. The second kappa shape index (κ2) is 9.12. The Balaban J connectivity index is 1.42. The smallest absolute Gasteiger partial charge is 0.427 e. The first-order chi connectivity index (χ1) is 16.5. The summed E-state index contributed by atoms with van der Waals surface area (Å²) in [6.07, 6.45) is 10.2. The number of rotatable bonds is 4. The number of nitrogens with zero attached hydrogens (tertiary/aromatic N) is 2. The fraction of sp³-hybridized carbons (Fsp3) is 0.214. The molecule has 0 radical (unpaired) electrons. The molecule has 3 aliphatic rings. The van der Waals surface area contributed by atoms with Crippen LogP contribution in [0.3, 0.4) is 0 Å². The Morgan fingerprint density at radius 3 is 2.74 bits per heavy atom. The van der Waals surface area contributed by atoms with E-state index in [1.165, 1.54) is 33.5 Å². The molecular formula is C28H29N3O2S+2. The molecule has 5 nitrogen and oxygen atoms in total. The van der Waals surface area contributed by atoms with Crippen molar-refractivity contribution >= 4 is 40.2 Å². The molecule has 0 saturated carbocycles. The first-order valence-electron chi connectivity index (χ1n) is 11.7. The number of carbonyl (C=O) groups is 1. The second-order valence-electron chi connectivity index (χ2n) is 8.49. The van der Waals surface area contributed by atoms with Crippen molar-refractivity contribution in [1.29, 1.82) is 0 Å². The fourth-order valence-corrected chi connectivity index (χ4v) is 5.58. The Morgan fingerprint density at radius 2 is 1.94 bits per heavy atom. The molecule has 1 unspecified atom stereocenters. The lowest BCUT2D eigenvalue weighted by Gasteiger charge is -2.20. The van der Waals surface area contributed by atoms with Crippen LogP contribution in [0.15, 0.2) is 83.3 Å². The monoisotopic (exact) mass is 471 g/mol. The number of para-hydroxylation sites is 2. The second-order valence-corrected chi connectivity index (χ2v) is 9.55. The molecule has 1 amide bonds. The van der Waals surface area contributed by atoms with Gasteiger partial charge in [-0.25, -0.2) is 4.79 Å². The summed E-state index contributed by atoms with van der Waals surface area (Å²) >= 11 is 1.52. The number of amides is 1. The van der Waals surface area contributed by atoms with Crippen LogP contribution < -0.4 is 14.5 Å². The Bertz CT molecular complexity index is 1330. The van der Waals surface area contributed by atoms with Crippen LogP contribution in [0.4, 0.5) is 11.4 Å². The van der Waals surface area contributed by atoms with Gasteiger partial charge in [-0.3, -0.25) is 4.90 Å². The number of benzene rings is 2. The van der Waals surface area contributed by atoms with Gasteiger partial charge in [-0.15, -0.1) is 0 Å². The molecule has 0 saturated heterocycles. The van der Waals surface area contributed by atoms with Crippen LogP contribution in [0.5, 0.6) is 5.75 Å². The van der Waals surface area contributed by atoms with Crippen molar-refractivity contribution < 1.29 is 19.0 Å². The third-order valence-electron chi connectivity index (χ3n) is 6.35. The summed E-state index contributed by atoms with van der Waals surface area (Å²) in [5.41, 5.74) is 5.93. The normalized spacial score (nSPS) is 22.7. The third-order valence-corrected chi connectivity index (χ3v) is 7.43. The summed E-state index contributed by atoms with van der Waals surface area (Å²) in [4.78, 5) is 17.2. The number of likely N-dealkylation sites (N-methyl/N-ethyl adjacent to an activating group) is 2. The number of anilines is 1. The minimum absolute atomic E-state index is 0.0308. The average molecular weight is 472 g/mol. The average Bonchev–Trinajstić information content (AvgIpc) is 3.35. The maximum absolute atomic E-state index is 13.2. The van der Waals surface area contributed by atoms with Gasteiger partial charge in [0.2, 0.25) is 5.88 Å². The van der Waals surface area contributed by atoms with Crippen molar-refractivity contribution in [2.75, 3.05) is 25.0 Å². The van der Waals surface area contributed by atoms with Crippen LogP contribution in [0, 0.1) is 6.92 Å². The van der Waals surface area contributed by atoms with Gasteiger partial charge in [-0.05, 0) is 62.9 Å². The van der Waals surface area contributed by atoms with Crippen molar-refractivity contribution in [1.82, 2.24) is 0 Å². The van der Waals surface area contributed by atoms with Crippen molar-refractivity contribution in [2.24, 2.45) is 0 Å². The van der Waals surface area contributed by atoms with Gasteiger partial charge in [0.05, 0.1) is 18.8 Å². The number of quaternary nitrogens is 1. The van der Waals surface area contributed by atoms with Crippen molar-refractivity contribution in [3.05, 3.63) is 94.4 Å². The van der Waals surface area contributed by atoms with E-state index in [-0.39, 0.29) is 5.91 Å². The van der Waals surface area contributed by atoms with Gasteiger partial charge in [0.25, 0.3) is 5.04 Å². The van der Waals surface area contributed by atoms with Crippen LogP contribution in [0.2, 0.25) is 0 Å². The van der Waals surface area contributed by atoms with Gasteiger partial charge in [0.1, 0.15) is 16.3 Å². The van der Waals surface area contributed by atoms with E-state index in [2.05, 4.69) is 68.3 Å². The predicted octanol–water partition coefficient (Wildman–Crippen LogP) is 4.40. The van der Waals surface area contributed by atoms with E-state index in [1.807, 2.05) is 41.9 Å². The van der Waals surface area contributed by atoms with Gasteiger partial charge in [0, 0.05) is 30.3 Å². The number of nitrogens with one attached hydrogen (secondary N) is 1. The Kier molecular flexibility index (Phi) is 6.02. The van der Waals surface area contributed by atoms with Gasteiger partial charge in [0.15, 0.2) is 12.3 Å². The number of allylic oxidation sites excluding steroid dienone is 3. The minimum Gasteiger partial charge on any atom is -0.439 e. The molecule has 1 atom stereocenters. The van der Waals surface area contributed by atoms with Crippen molar-refractivity contribution in [2.45, 2.75) is 20.8 Å². The molecule has 2 aromatic rings. The SMILES string of the molecule is CCN1/C(=C/C=C2/SC(/C=C3\C=Cc4cc(C)ccc4[NH+]3C)=[N+](CC)C2=O)Oc2ccccc21. The van der Waals surface area contributed by atoms with E-state index >= 15 is 0 Å². The summed E-state index contributed by atoms with van der Waals surface area (Å²) in [5, 5.41) is 0.953. The lowest BCUT2D eigenvalue weighted by molar-refractivity contribution is -0.763. The lowest BCUT2D eigenvalue weighted by atomic mass is 10.0. The van der Waals surface area contributed by atoms with E-state index in [0.717, 1.165) is 34.6 Å². The van der Waals surface area contributed by atoms with Crippen molar-refractivity contribution in [3.8, 4) is 5.75 Å². The highest BCUT2D eigenvalue weighted by atomic mass is 32.2. The molecular weight excluding hydrogens is 442 g/mol. The summed E-state index contributed by atoms with van der Waals surface area (Å²) in [6, 6.07) is 14.5. The highest BCUT2D eigenvalue weighted by Crippen LogP contribution is 2.38. The largest absolute Gasteiger partial charge is 0.439 e. The van der Waals surface area contributed by atoms with Gasteiger partial charge in [-0.1, -0.05) is 23.8 Å². The Labute approximate surface area is 205 Å². The molecule has 3 heterocycles. The minimum atomic E-state index is 0.0308. The lowest BCUT2D eigenvalue weighted by Crippen LogP contribution is -3.02.